The van der Waals surface area contributed by atoms with Crippen LogP contribution in [0.2, 0.25) is 0 Å². The Morgan fingerprint density at radius 1 is 0.596 bits per heavy atom. The second-order valence-corrected chi connectivity index (χ2v) is 13.4. The summed E-state index contributed by atoms with van der Waals surface area (Å²) in [5.74, 6) is -0.0705. The molecule has 0 atom stereocenters. The van der Waals surface area contributed by atoms with Gasteiger partial charge in [-0.05, 0) is 79.1 Å². The first-order valence-corrected chi connectivity index (χ1v) is 18.9. The maximum absolute atomic E-state index is 12.4. The van der Waals surface area contributed by atoms with Crippen molar-refractivity contribution in [2.45, 2.75) is 104 Å². The minimum absolute atomic E-state index is 0.0259. The van der Waals surface area contributed by atoms with Crippen molar-refractivity contribution in [3.05, 3.63) is 26.0 Å². The molecular weight excluding hydrogens is 678 g/mol. The largest absolute Gasteiger partial charge is 0.489 e. The van der Waals surface area contributed by atoms with Crippen LogP contribution in [0, 0.1) is 0 Å². The monoisotopic (exact) mass is 743 g/mol. The number of ether oxygens (including phenoxy) is 8. The number of Topliss-reactive ketones (excluding diaryl/α,β-unsaturated/α-hetero) is 1. The molecule has 1 aromatic carbocycles. The van der Waals surface area contributed by atoms with E-state index in [-0.39, 0.29) is 30.0 Å². The van der Waals surface area contributed by atoms with E-state index >= 15 is 0 Å². The topological polar surface area (TPSA) is 162 Å². The molecule has 0 heterocycles. The fraction of sp³-hybridized carbons (Fsp3) is 0.816. The van der Waals surface area contributed by atoms with Crippen LogP contribution in [0.5, 0.6) is 5.75 Å². The molecule has 14 nitrogen and oxygen atoms in total. The predicted octanol–water partition coefficient (Wildman–Crippen LogP) is 3.59. The normalized spacial score (nSPS) is 11.6. The quantitative estimate of drug-likeness (QED) is 0.0564. The Morgan fingerprint density at radius 2 is 1.06 bits per heavy atom. The average Bonchev–Trinajstić information content (AvgIpc) is 3.09. The number of nitrogens with zero attached hydrogens (tertiary/aromatic N) is 1. The number of hydrogen-bond acceptors (Lipinski definition) is 13. The van der Waals surface area contributed by atoms with Crippen molar-refractivity contribution in [1.82, 2.24) is 4.90 Å². The second kappa shape index (κ2) is 29.7. The summed E-state index contributed by atoms with van der Waals surface area (Å²) in [6.45, 7) is 15.5. The molecule has 0 aliphatic heterocycles. The van der Waals surface area contributed by atoms with E-state index in [0.29, 0.717) is 130 Å². The summed E-state index contributed by atoms with van der Waals surface area (Å²) < 4.78 is 43.7. The lowest BCUT2D eigenvalue weighted by Crippen LogP contribution is -2.37. The number of amides is 1. The lowest BCUT2D eigenvalue weighted by Gasteiger charge is -2.20. The summed E-state index contributed by atoms with van der Waals surface area (Å²) in [5.41, 5.74) is -0.915. The molecule has 0 saturated heterocycles. The van der Waals surface area contributed by atoms with Crippen LogP contribution in [0.4, 0.5) is 0 Å². The Bertz CT molecular complexity index is 1170. The van der Waals surface area contributed by atoms with E-state index in [1.807, 2.05) is 20.8 Å². The molecule has 1 aromatic rings. The number of esters is 1. The molecule has 0 unspecified atom stereocenters. The molecule has 0 N–H and O–H groups in total. The molecule has 0 radical (unpaired) electrons. The van der Waals surface area contributed by atoms with Gasteiger partial charge < -0.3 is 42.8 Å². The Morgan fingerprint density at radius 3 is 1.54 bits per heavy atom. The summed E-state index contributed by atoms with van der Waals surface area (Å²) in [7, 11) is 0. The number of unbranched alkanes of at least 4 members (excludes halogenated alkanes) is 3. The SMILES string of the molecule is CCOc1c(CCCCOCCOCCOCCCN(CC(=O)CCCCOCCOCCOCCCCC(=O)OC(C)(C)C)C(C)=O)c(=O)c1=O. The first kappa shape index (κ1) is 47.3. The van der Waals surface area contributed by atoms with E-state index in [9.17, 15) is 24.0 Å². The van der Waals surface area contributed by atoms with E-state index in [4.69, 9.17) is 37.9 Å². The first-order chi connectivity index (χ1) is 25.0. The van der Waals surface area contributed by atoms with Crippen LogP contribution in [0.3, 0.4) is 0 Å². The van der Waals surface area contributed by atoms with Gasteiger partial charge in [-0.1, -0.05) is 0 Å². The summed E-state index contributed by atoms with van der Waals surface area (Å²) in [5, 5.41) is 0. The van der Waals surface area contributed by atoms with Crippen molar-refractivity contribution in [3.8, 4) is 5.75 Å². The molecule has 0 spiro atoms. The molecule has 1 rings (SSSR count). The second-order valence-electron chi connectivity index (χ2n) is 13.4. The maximum Gasteiger partial charge on any atom is 0.306 e. The highest BCUT2D eigenvalue weighted by Crippen LogP contribution is 2.14. The third kappa shape index (κ3) is 24.5. The Labute approximate surface area is 309 Å². The van der Waals surface area contributed by atoms with Gasteiger partial charge in [0.25, 0.3) is 5.43 Å². The third-order valence-corrected chi connectivity index (χ3v) is 7.57. The van der Waals surface area contributed by atoms with Gasteiger partial charge in [0.05, 0.1) is 66.0 Å². The van der Waals surface area contributed by atoms with Crippen molar-refractivity contribution < 1.29 is 52.3 Å². The zero-order valence-electron chi connectivity index (χ0n) is 32.4. The predicted molar refractivity (Wildman–Crippen MR) is 196 cm³/mol. The molecule has 300 valence electrons. The minimum atomic E-state index is -0.523. The van der Waals surface area contributed by atoms with Crippen LogP contribution in [0.15, 0.2) is 9.59 Å². The van der Waals surface area contributed by atoms with Gasteiger partial charge in [0.15, 0.2) is 11.5 Å². The van der Waals surface area contributed by atoms with Gasteiger partial charge in [-0.25, -0.2) is 0 Å². The Hall–Kier alpha value is -2.75. The van der Waals surface area contributed by atoms with Gasteiger partial charge in [-0.15, -0.1) is 0 Å². The molecule has 0 fully saturated rings. The van der Waals surface area contributed by atoms with Crippen LogP contribution in [0.25, 0.3) is 0 Å². The van der Waals surface area contributed by atoms with E-state index in [1.54, 1.807) is 11.8 Å². The van der Waals surface area contributed by atoms with E-state index in [0.717, 1.165) is 32.1 Å². The van der Waals surface area contributed by atoms with Crippen molar-refractivity contribution >= 4 is 17.7 Å². The Kier molecular flexibility index (Phi) is 27.0. The average molecular weight is 744 g/mol. The highest BCUT2D eigenvalue weighted by Gasteiger charge is 2.21. The third-order valence-electron chi connectivity index (χ3n) is 7.57. The van der Waals surface area contributed by atoms with Crippen molar-refractivity contribution in [2.75, 3.05) is 99.0 Å². The van der Waals surface area contributed by atoms with Crippen LogP contribution < -0.4 is 15.6 Å². The smallest absolute Gasteiger partial charge is 0.306 e. The van der Waals surface area contributed by atoms with Gasteiger partial charge in [0, 0.05) is 58.3 Å². The van der Waals surface area contributed by atoms with Gasteiger partial charge >= 0.3 is 5.97 Å². The number of ketones is 1. The van der Waals surface area contributed by atoms with Crippen molar-refractivity contribution in [1.29, 1.82) is 0 Å². The van der Waals surface area contributed by atoms with Gasteiger partial charge in [-0.3, -0.25) is 24.0 Å². The zero-order chi connectivity index (χ0) is 38.5. The van der Waals surface area contributed by atoms with Crippen LogP contribution in [-0.4, -0.2) is 127 Å². The summed E-state index contributed by atoms with van der Waals surface area (Å²) in [4.78, 5) is 60.8. The molecule has 0 aliphatic carbocycles. The molecule has 0 aromatic heterocycles. The lowest BCUT2D eigenvalue weighted by molar-refractivity contribution is -0.155. The molecule has 0 saturated carbocycles. The van der Waals surface area contributed by atoms with E-state index in [1.165, 1.54) is 6.92 Å². The van der Waals surface area contributed by atoms with Crippen molar-refractivity contribution in [3.63, 3.8) is 0 Å². The summed E-state index contributed by atoms with van der Waals surface area (Å²) in [6.07, 6.45) is 6.41. The fourth-order valence-corrected chi connectivity index (χ4v) is 4.92. The van der Waals surface area contributed by atoms with Gasteiger partial charge in [0.2, 0.25) is 11.3 Å². The number of hydrogen-bond donors (Lipinski definition) is 0. The van der Waals surface area contributed by atoms with Gasteiger partial charge in [-0.2, -0.15) is 0 Å². The molecule has 14 heteroatoms. The summed E-state index contributed by atoms with van der Waals surface area (Å²) in [6, 6.07) is 0. The molecular formula is C38H65NO13. The highest BCUT2D eigenvalue weighted by molar-refractivity contribution is 5.85. The Balaban J connectivity index is 1.89. The van der Waals surface area contributed by atoms with Gasteiger partial charge in [0.1, 0.15) is 5.60 Å². The highest BCUT2D eigenvalue weighted by atomic mass is 16.6. The number of rotatable bonds is 35. The minimum Gasteiger partial charge on any atom is -0.489 e. The standard InChI is InChI=1S/C38H65NO13/c1-6-51-37-33(35(43)36(37)44)15-8-11-19-46-23-27-50-29-25-48-21-13-17-39(31(2)40)30-32(41)14-7-10-18-45-22-26-49-28-24-47-20-12-9-16-34(42)52-38(3,4)5/h6-30H2,1-5H3. The lowest BCUT2D eigenvalue weighted by atomic mass is 10.0. The van der Waals surface area contributed by atoms with Crippen LogP contribution in [-0.2, 0) is 54.0 Å². The fourth-order valence-electron chi connectivity index (χ4n) is 4.92. The van der Waals surface area contributed by atoms with Crippen LogP contribution in [0.1, 0.15) is 98.0 Å². The number of carbonyl (C=O) groups is 3. The van der Waals surface area contributed by atoms with E-state index < -0.39 is 16.5 Å². The number of carbonyl (C=O) groups excluding carboxylic acids is 3. The van der Waals surface area contributed by atoms with Crippen molar-refractivity contribution in [2.24, 2.45) is 0 Å². The molecule has 52 heavy (non-hydrogen) atoms. The molecule has 1 amide bonds. The van der Waals surface area contributed by atoms with Crippen LogP contribution >= 0.6 is 0 Å². The zero-order valence-corrected chi connectivity index (χ0v) is 32.4. The van der Waals surface area contributed by atoms with E-state index in [2.05, 4.69) is 0 Å². The summed E-state index contributed by atoms with van der Waals surface area (Å²) >= 11 is 0. The first-order valence-electron chi connectivity index (χ1n) is 18.9. The molecule has 0 bridgehead atoms. The molecule has 0 aliphatic rings. The maximum atomic E-state index is 12.4.